The van der Waals surface area contributed by atoms with Gasteiger partial charge in [-0.05, 0) is 48.6 Å². The summed E-state index contributed by atoms with van der Waals surface area (Å²) in [5, 5.41) is 1.99. The third kappa shape index (κ3) is 3.68. The molecule has 2 aliphatic heterocycles. The van der Waals surface area contributed by atoms with Crippen molar-refractivity contribution in [2.45, 2.75) is 19.3 Å². The molecule has 0 saturated carbocycles. The highest BCUT2D eigenvalue weighted by atomic mass is 16.5. The first-order valence-electron chi connectivity index (χ1n) is 12.1. The SMILES string of the molecule is O=C(Oc1ccc(N2C(=O)[C@@H]3CC=CC[C@H]3C2=O)cc1)[C@H]1CC(=O)N(c2cccc3ccccc23)C1. The van der Waals surface area contributed by atoms with Crippen molar-refractivity contribution in [3.05, 3.63) is 78.9 Å². The summed E-state index contributed by atoms with van der Waals surface area (Å²) in [6.45, 7) is 0.247. The minimum absolute atomic E-state index is 0.0771. The maximum absolute atomic E-state index is 12.9. The van der Waals surface area contributed by atoms with Crippen LogP contribution in [0.4, 0.5) is 11.4 Å². The van der Waals surface area contributed by atoms with E-state index in [-0.39, 0.29) is 42.5 Å². The van der Waals surface area contributed by atoms with Gasteiger partial charge in [0, 0.05) is 18.4 Å². The Labute approximate surface area is 207 Å². The zero-order valence-electron chi connectivity index (χ0n) is 19.5. The maximum Gasteiger partial charge on any atom is 0.316 e. The van der Waals surface area contributed by atoms with Gasteiger partial charge in [-0.15, -0.1) is 0 Å². The Morgan fingerprint density at radius 3 is 2.19 bits per heavy atom. The summed E-state index contributed by atoms with van der Waals surface area (Å²) in [4.78, 5) is 54.2. The summed E-state index contributed by atoms with van der Waals surface area (Å²) in [7, 11) is 0. The number of rotatable bonds is 4. The second kappa shape index (κ2) is 8.75. The summed E-state index contributed by atoms with van der Waals surface area (Å²) >= 11 is 0. The Balaban J connectivity index is 1.14. The summed E-state index contributed by atoms with van der Waals surface area (Å²) in [6.07, 6.45) is 5.14. The highest BCUT2D eigenvalue weighted by Crippen LogP contribution is 2.38. The van der Waals surface area contributed by atoms with E-state index in [4.69, 9.17) is 4.74 Å². The van der Waals surface area contributed by atoms with Crippen LogP contribution in [0.2, 0.25) is 0 Å². The minimum Gasteiger partial charge on any atom is -0.426 e. The number of carbonyl (C=O) groups is 4. The summed E-state index contributed by atoms with van der Waals surface area (Å²) in [5.41, 5.74) is 1.26. The molecule has 6 rings (SSSR count). The largest absolute Gasteiger partial charge is 0.426 e. The molecule has 2 saturated heterocycles. The third-order valence-electron chi connectivity index (χ3n) is 7.34. The van der Waals surface area contributed by atoms with E-state index in [0.29, 0.717) is 24.3 Å². The molecule has 3 amide bonds. The third-order valence-corrected chi connectivity index (χ3v) is 7.34. The number of nitrogens with zero attached hydrogens (tertiary/aromatic N) is 2. The molecule has 7 heteroatoms. The molecule has 180 valence electrons. The molecule has 0 unspecified atom stereocenters. The summed E-state index contributed by atoms with van der Waals surface area (Å²) < 4.78 is 5.57. The molecule has 1 aliphatic carbocycles. The predicted octanol–water partition coefficient (Wildman–Crippen LogP) is 4.25. The molecule has 2 heterocycles. The maximum atomic E-state index is 12.9. The first kappa shape index (κ1) is 22.2. The lowest BCUT2D eigenvalue weighted by molar-refractivity contribution is -0.139. The van der Waals surface area contributed by atoms with Crippen LogP contribution in [0.3, 0.4) is 0 Å². The molecule has 3 aromatic rings. The quantitative estimate of drug-likeness (QED) is 0.241. The highest BCUT2D eigenvalue weighted by molar-refractivity contribution is 6.22. The molecule has 7 nitrogen and oxygen atoms in total. The van der Waals surface area contributed by atoms with E-state index in [1.54, 1.807) is 29.2 Å². The molecule has 3 atom stereocenters. The molecule has 2 fully saturated rings. The van der Waals surface area contributed by atoms with Crippen molar-refractivity contribution in [1.82, 2.24) is 0 Å². The number of ether oxygens (including phenoxy) is 1. The number of hydrogen-bond acceptors (Lipinski definition) is 5. The topological polar surface area (TPSA) is 84.0 Å². The first-order chi connectivity index (χ1) is 17.5. The van der Waals surface area contributed by atoms with E-state index >= 15 is 0 Å². The fourth-order valence-corrected chi connectivity index (χ4v) is 5.46. The van der Waals surface area contributed by atoms with E-state index in [2.05, 4.69) is 0 Å². The number of esters is 1. The van der Waals surface area contributed by atoms with Gasteiger partial charge in [-0.3, -0.25) is 24.1 Å². The number of carbonyl (C=O) groups excluding carboxylic acids is 4. The molecule has 0 bridgehead atoms. The van der Waals surface area contributed by atoms with Crippen molar-refractivity contribution < 1.29 is 23.9 Å². The van der Waals surface area contributed by atoms with Crippen LogP contribution in [-0.4, -0.2) is 30.2 Å². The number of benzene rings is 3. The Bertz CT molecular complexity index is 1400. The smallest absolute Gasteiger partial charge is 0.316 e. The van der Waals surface area contributed by atoms with Crippen LogP contribution in [0.15, 0.2) is 78.9 Å². The predicted molar refractivity (Wildman–Crippen MR) is 134 cm³/mol. The molecular formula is C29H24N2O5. The van der Waals surface area contributed by atoms with Crippen LogP contribution in [-0.2, 0) is 19.2 Å². The van der Waals surface area contributed by atoms with Crippen molar-refractivity contribution in [2.75, 3.05) is 16.3 Å². The standard InChI is InChI=1S/C29H24N2O5/c32-26-16-19(17-30(26)25-11-5-7-18-6-1-2-8-22(18)25)29(35)36-21-14-12-20(13-15-21)31-27(33)23-9-3-4-10-24(23)28(31)34/h1-8,11-15,19,23-24H,9-10,16-17H2/t19-,23+,24+/m0/s1. The lowest BCUT2D eigenvalue weighted by Gasteiger charge is -2.19. The Morgan fingerprint density at radius 1 is 0.806 bits per heavy atom. The van der Waals surface area contributed by atoms with E-state index in [9.17, 15) is 19.2 Å². The molecular weight excluding hydrogens is 456 g/mol. The van der Waals surface area contributed by atoms with Crippen LogP contribution >= 0.6 is 0 Å². The Morgan fingerprint density at radius 2 is 1.47 bits per heavy atom. The van der Waals surface area contributed by atoms with Gasteiger partial charge in [-0.2, -0.15) is 0 Å². The van der Waals surface area contributed by atoms with Gasteiger partial charge in [0.1, 0.15) is 5.75 Å². The van der Waals surface area contributed by atoms with E-state index in [1.165, 1.54) is 4.90 Å². The monoisotopic (exact) mass is 480 g/mol. The van der Waals surface area contributed by atoms with Gasteiger partial charge >= 0.3 is 5.97 Å². The first-order valence-corrected chi connectivity index (χ1v) is 12.1. The molecule has 0 N–H and O–H groups in total. The van der Waals surface area contributed by atoms with Crippen LogP contribution in [0.5, 0.6) is 5.75 Å². The zero-order valence-corrected chi connectivity index (χ0v) is 19.5. The minimum atomic E-state index is -0.589. The fourth-order valence-electron chi connectivity index (χ4n) is 5.46. The lowest BCUT2D eigenvalue weighted by Crippen LogP contribution is -2.30. The van der Waals surface area contributed by atoms with Gasteiger partial charge in [-0.25, -0.2) is 0 Å². The van der Waals surface area contributed by atoms with E-state index in [1.807, 2.05) is 54.6 Å². The van der Waals surface area contributed by atoms with Gasteiger partial charge in [0.2, 0.25) is 17.7 Å². The van der Waals surface area contributed by atoms with E-state index in [0.717, 1.165) is 16.5 Å². The van der Waals surface area contributed by atoms with Gasteiger partial charge in [-0.1, -0.05) is 48.6 Å². The molecule has 3 aromatic carbocycles. The van der Waals surface area contributed by atoms with Crippen molar-refractivity contribution in [2.24, 2.45) is 17.8 Å². The van der Waals surface area contributed by atoms with Crippen molar-refractivity contribution in [1.29, 1.82) is 0 Å². The second-order valence-corrected chi connectivity index (χ2v) is 9.49. The van der Waals surface area contributed by atoms with Gasteiger partial charge in [0.05, 0.1) is 29.1 Å². The molecule has 0 spiro atoms. The number of fused-ring (bicyclic) bond motifs is 2. The van der Waals surface area contributed by atoms with Gasteiger partial charge in [0.25, 0.3) is 0 Å². The highest BCUT2D eigenvalue weighted by Gasteiger charge is 2.47. The van der Waals surface area contributed by atoms with Crippen LogP contribution in [0, 0.1) is 17.8 Å². The van der Waals surface area contributed by atoms with Crippen LogP contribution in [0.1, 0.15) is 19.3 Å². The zero-order chi connectivity index (χ0) is 24.8. The van der Waals surface area contributed by atoms with Crippen LogP contribution in [0.25, 0.3) is 10.8 Å². The lowest BCUT2D eigenvalue weighted by atomic mass is 9.85. The van der Waals surface area contributed by atoms with E-state index < -0.39 is 11.9 Å². The molecule has 0 radical (unpaired) electrons. The van der Waals surface area contributed by atoms with Gasteiger partial charge in [0.15, 0.2) is 0 Å². The molecule has 0 aromatic heterocycles. The summed E-state index contributed by atoms with van der Waals surface area (Å²) in [5.74, 6) is -1.86. The van der Waals surface area contributed by atoms with Crippen molar-refractivity contribution in [3.8, 4) is 5.75 Å². The number of amides is 3. The second-order valence-electron chi connectivity index (χ2n) is 9.49. The summed E-state index contributed by atoms with van der Waals surface area (Å²) in [6, 6.07) is 20.0. The fraction of sp³-hybridized carbons (Fsp3) is 0.241. The van der Waals surface area contributed by atoms with Crippen molar-refractivity contribution in [3.63, 3.8) is 0 Å². The number of imide groups is 1. The average Bonchev–Trinajstić information content (AvgIpc) is 3.41. The van der Waals surface area contributed by atoms with Crippen LogP contribution < -0.4 is 14.5 Å². The Hall–Kier alpha value is -4.26. The number of hydrogen-bond donors (Lipinski definition) is 0. The Kier molecular flexibility index (Phi) is 5.40. The average molecular weight is 481 g/mol. The molecule has 3 aliphatic rings. The molecule has 36 heavy (non-hydrogen) atoms. The normalized spacial score (nSPS) is 23.4. The van der Waals surface area contributed by atoms with Gasteiger partial charge < -0.3 is 9.64 Å². The number of anilines is 2. The van der Waals surface area contributed by atoms with Crippen molar-refractivity contribution >= 4 is 45.8 Å². The number of allylic oxidation sites excluding steroid dienone is 2.